The van der Waals surface area contributed by atoms with Crippen molar-refractivity contribution in [3.63, 3.8) is 0 Å². The molecule has 1 amide bonds. The van der Waals surface area contributed by atoms with Gasteiger partial charge in [-0.3, -0.25) is 4.79 Å². The maximum Gasteiger partial charge on any atom is 0.408 e. The van der Waals surface area contributed by atoms with E-state index >= 15 is 0 Å². The molecular weight excluding hydrogens is 400 g/mol. The first-order valence-corrected chi connectivity index (χ1v) is 10.2. The summed E-state index contributed by atoms with van der Waals surface area (Å²) in [5, 5.41) is 23.7. The van der Waals surface area contributed by atoms with Gasteiger partial charge in [0.15, 0.2) is 5.78 Å². The van der Waals surface area contributed by atoms with Crippen LogP contribution in [-0.2, 0) is 11.3 Å². The number of hydrogen-bond acceptors (Lipinski definition) is 6. The van der Waals surface area contributed by atoms with Gasteiger partial charge in [-0.15, -0.1) is 4.73 Å². The number of carbonyl (C=O) groups is 2. The minimum atomic E-state index is -0.941. The second kappa shape index (κ2) is 9.76. The minimum absolute atomic E-state index is 0.0787. The number of ether oxygens (including phenoxy) is 1. The molecule has 1 heterocycles. The fourth-order valence-corrected chi connectivity index (χ4v) is 3.09. The Morgan fingerprint density at radius 1 is 1.10 bits per heavy atom. The molecule has 0 saturated heterocycles. The van der Waals surface area contributed by atoms with Gasteiger partial charge in [-0.1, -0.05) is 44.2 Å². The molecule has 3 N–H and O–H groups in total. The zero-order chi connectivity index (χ0) is 23.3. The third kappa shape index (κ3) is 6.41. The Hall–Kier alpha value is -3.16. The molecule has 2 rings (SSSR count). The first-order valence-electron chi connectivity index (χ1n) is 10.2. The fraction of sp³-hybridized carbons (Fsp3) is 0.478. The number of benzene rings is 1. The number of ketones is 1. The van der Waals surface area contributed by atoms with Crippen LogP contribution in [0.1, 0.15) is 62.5 Å². The summed E-state index contributed by atoms with van der Waals surface area (Å²) in [5.74, 6) is -1.35. The van der Waals surface area contributed by atoms with Crippen LogP contribution in [0.3, 0.4) is 0 Å². The van der Waals surface area contributed by atoms with Crippen LogP contribution in [-0.4, -0.2) is 38.5 Å². The van der Waals surface area contributed by atoms with Gasteiger partial charge in [-0.05, 0) is 45.6 Å². The number of Topliss-reactive ketones (excluding diaryl/α,β-unsaturated/α-hetero) is 1. The molecule has 8 nitrogen and oxygen atoms in total. The van der Waals surface area contributed by atoms with Crippen molar-refractivity contribution in [1.29, 1.82) is 0 Å². The number of alkyl carbamates (subject to hydrolysis) is 1. The molecule has 0 aliphatic carbocycles. The maximum absolute atomic E-state index is 13.3. The van der Waals surface area contributed by atoms with E-state index in [0.29, 0.717) is 6.42 Å². The van der Waals surface area contributed by atoms with Crippen LogP contribution in [0, 0.1) is 12.8 Å². The number of hydrogen-bond donors (Lipinski definition) is 3. The van der Waals surface area contributed by atoms with E-state index in [4.69, 9.17) is 9.57 Å². The van der Waals surface area contributed by atoms with Gasteiger partial charge < -0.3 is 25.1 Å². The maximum atomic E-state index is 13.3. The topological polar surface area (TPSA) is 110 Å². The van der Waals surface area contributed by atoms with Crippen molar-refractivity contribution >= 4 is 11.9 Å². The van der Waals surface area contributed by atoms with Crippen molar-refractivity contribution in [2.75, 3.05) is 0 Å². The third-order valence-corrected chi connectivity index (χ3v) is 4.48. The van der Waals surface area contributed by atoms with Crippen LogP contribution in [0.5, 0.6) is 11.8 Å². The first kappa shape index (κ1) is 24.1. The van der Waals surface area contributed by atoms with Crippen molar-refractivity contribution in [2.24, 2.45) is 5.92 Å². The lowest BCUT2D eigenvalue weighted by atomic mass is 9.95. The number of rotatable bonds is 8. The summed E-state index contributed by atoms with van der Waals surface area (Å²) >= 11 is 0. The molecule has 0 aliphatic rings. The van der Waals surface area contributed by atoms with Crippen LogP contribution in [0.4, 0.5) is 4.79 Å². The molecular formula is C23H32N2O6. The molecule has 0 radical (unpaired) electrons. The number of amides is 1. The summed E-state index contributed by atoms with van der Waals surface area (Å²) in [4.78, 5) is 31.0. The molecule has 170 valence electrons. The average molecular weight is 433 g/mol. The lowest BCUT2D eigenvalue weighted by Crippen LogP contribution is -2.44. The number of aromatic nitrogens is 1. The molecule has 0 spiro atoms. The quantitative estimate of drug-likeness (QED) is 0.545. The zero-order valence-electron chi connectivity index (χ0n) is 18.9. The normalized spacial score (nSPS) is 12.5. The molecule has 0 saturated carbocycles. The van der Waals surface area contributed by atoms with Crippen molar-refractivity contribution in [3.05, 3.63) is 47.0 Å². The van der Waals surface area contributed by atoms with Gasteiger partial charge in [-0.2, -0.15) is 0 Å². The third-order valence-electron chi connectivity index (χ3n) is 4.48. The minimum Gasteiger partial charge on any atom is -0.492 e. The average Bonchev–Trinajstić information content (AvgIpc) is 2.86. The Kier molecular flexibility index (Phi) is 7.60. The van der Waals surface area contributed by atoms with Gasteiger partial charge in [0, 0.05) is 5.56 Å². The smallest absolute Gasteiger partial charge is 0.408 e. The Morgan fingerprint density at radius 3 is 2.26 bits per heavy atom. The lowest BCUT2D eigenvalue weighted by Gasteiger charge is -2.24. The summed E-state index contributed by atoms with van der Waals surface area (Å²) in [6.07, 6.45) is -0.402. The van der Waals surface area contributed by atoms with Gasteiger partial charge in [-0.25, -0.2) is 4.79 Å². The molecule has 1 atom stereocenters. The second-order valence-corrected chi connectivity index (χ2v) is 8.89. The Balaban J connectivity index is 2.28. The van der Waals surface area contributed by atoms with Crippen LogP contribution in [0.25, 0.3) is 0 Å². The standard InChI is InChI=1S/C23H32N2O6/c1-14(2)12-17(24-22(29)31-23(4,5)6)19(26)18-15(3)20(27)25(21(18)28)30-13-16-10-8-7-9-11-16/h7-11,14,17,27-28H,12-13H2,1-6H3,(H,24,29)/t17-/m0/s1. The van der Waals surface area contributed by atoms with Gasteiger partial charge in [0.1, 0.15) is 12.2 Å². The fourth-order valence-electron chi connectivity index (χ4n) is 3.09. The Morgan fingerprint density at radius 2 is 1.71 bits per heavy atom. The summed E-state index contributed by atoms with van der Waals surface area (Å²) in [5.41, 5.74) is 0.160. The van der Waals surface area contributed by atoms with Gasteiger partial charge in [0.2, 0.25) is 11.8 Å². The lowest BCUT2D eigenvalue weighted by molar-refractivity contribution is 0.0482. The van der Waals surface area contributed by atoms with E-state index in [-0.39, 0.29) is 29.5 Å². The van der Waals surface area contributed by atoms with Gasteiger partial charge in [0.25, 0.3) is 0 Å². The predicted molar refractivity (Wildman–Crippen MR) is 116 cm³/mol. The molecule has 1 aromatic carbocycles. The first-order chi connectivity index (χ1) is 14.4. The van der Waals surface area contributed by atoms with Gasteiger partial charge in [0.05, 0.1) is 11.6 Å². The van der Waals surface area contributed by atoms with E-state index in [1.54, 1.807) is 20.8 Å². The molecule has 0 fully saturated rings. The zero-order valence-corrected chi connectivity index (χ0v) is 18.9. The van der Waals surface area contributed by atoms with Gasteiger partial charge >= 0.3 is 6.09 Å². The molecule has 8 heteroatoms. The van der Waals surface area contributed by atoms with Crippen LogP contribution in [0.15, 0.2) is 30.3 Å². The summed E-state index contributed by atoms with van der Waals surface area (Å²) in [6, 6.07) is 8.27. The van der Waals surface area contributed by atoms with E-state index in [2.05, 4.69) is 5.32 Å². The van der Waals surface area contributed by atoms with Crippen molar-refractivity contribution < 1.29 is 29.4 Å². The number of aromatic hydroxyl groups is 2. The Labute approximate surface area is 182 Å². The van der Waals surface area contributed by atoms with Crippen molar-refractivity contribution in [1.82, 2.24) is 10.0 Å². The van der Waals surface area contributed by atoms with E-state index in [1.165, 1.54) is 6.92 Å². The molecule has 31 heavy (non-hydrogen) atoms. The highest BCUT2D eigenvalue weighted by Gasteiger charge is 2.33. The summed E-state index contributed by atoms with van der Waals surface area (Å²) < 4.78 is 6.10. The van der Waals surface area contributed by atoms with Crippen LogP contribution < -0.4 is 10.2 Å². The largest absolute Gasteiger partial charge is 0.492 e. The van der Waals surface area contributed by atoms with E-state index < -0.39 is 29.4 Å². The van der Waals surface area contributed by atoms with E-state index in [1.807, 2.05) is 44.2 Å². The van der Waals surface area contributed by atoms with Crippen LogP contribution in [0.2, 0.25) is 0 Å². The summed E-state index contributed by atoms with van der Waals surface area (Å²) in [6.45, 7) is 10.6. The highest BCUT2D eigenvalue weighted by molar-refractivity contribution is 6.05. The number of carbonyl (C=O) groups excluding carboxylic acids is 2. The number of nitrogens with zero attached hydrogens (tertiary/aromatic N) is 1. The molecule has 0 bridgehead atoms. The highest BCUT2D eigenvalue weighted by atomic mass is 16.7. The number of nitrogens with one attached hydrogen (secondary N) is 1. The highest BCUT2D eigenvalue weighted by Crippen LogP contribution is 2.34. The molecule has 1 aromatic heterocycles. The molecule has 2 aromatic rings. The van der Waals surface area contributed by atoms with Crippen molar-refractivity contribution in [3.8, 4) is 11.8 Å². The predicted octanol–water partition coefficient (Wildman–Crippen LogP) is 3.96. The Bertz CT molecular complexity index is 912. The van der Waals surface area contributed by atoms with Crippen LogP contribution >= 0.6 is 0 Å². The van der Waals surface area contributed by atoms with E-state index in [0.717, 1.165) is 10.3 Å². The van der Waals surface area contributed by atoms with E-state index in [9.17, 15) is 19.8 Å². The second-order valence-electron chi connectivity index (χ2n) is 8.89. The molecule has 0 aliphatic heterocycles. The SMILES string of the molecule is Cc1c(C(=O)[C@H](CC(C)C)NC(=O)OC(C)(C)C)c(O)n(OCc2ccccc2)c1O. The molecule has 0 unspecified atom stereocenters. The summed E-state index contributed by atoms with van der Waals surface area (Å²) in [7, 11) is 0. The monoisotopic (exact) mass is 432 g/mol. The van der Waals surface area contributed by atoms with Crippen molar-refractivity contribution in [2.45, 2.75) is 66.2 Å².